The highest BCUT2D eigenvalue weighted by molar-refractivity contribution is 6.33. The fourth-order valence-electron chi connectivity index (χ4n) is 7.19. The van der Waals surface area contributed by atoms with Crippen LogP contribution in [0.3, 0.4) is 0 Å². The van der Waals surface area contributed by atoms with Crippen LogP contribution in [0.25, 0.3) is 66.6 Å². The molecule has 10 aromatic rings. The molecule has 0 fully saturated rings. The standard InChI is InChI=1S/C27H16ClN5.C13H10.C3Cl3N3/c28-25-29-26(32-21-13-5-1-9-17(21)18-10-2-6-14-22(18)32)31-27(30-25)33-23-15-7-3-11-19(23)20-12-4-8-16-24(20)33;1-3-7-12-10(5-1)9-11-6-2-4-8-13(11)12;4-1-7-2(5)9-3(6)8-1/h1-16H;1-8H,9H2;. The molecule has 4 aromatic heterocycles. The number of halogens is 4. The zero-order valence-electron chi connectivity index (χ0n) is 28.7. The molecular formula is C43H26Cl4N8. The predicted octanol–water partition coefficient (Wildman–Crippen LogP) is 11.8. The van der Waals surface area contributed by atoms with Crippen LogP contribution in [-0.2, 0) is 6.42 Å². The summed E-state index contributed by atoms with van der Waals surface area (Å²) in [5, 5.41) is 4.72. The third-order valence-electron chi connectivity index (χ3n) is 9.40. The van der Waals surface area contributed by atoms with Crippen molar-refractivity contribution in [2.24, 2.45) is 0 Å². The van der Waals surface area contributed by atoms with Crippen LogP contribution in [-0.4, -0.2) is 39.0 Å². The minimum absolute atomic E-state index is 0.000000000000000444. The van der Waals surface area contributed by atoms with Crippen LogP contribution in [0.4, 0.5) is 0 Å². The summed E-state index contributed by atoms with van der Waals surface area (Å²) in [6.07, 6.45) is 1.10. The van der Waals surface area contributed by atoms with Gasteiger partial charge in [-0.2, -0.15) is 29.9 Å². The largest absolute Gasteiger partial charge is 0.278 e. The van der Waals surface area contributed by atoms with Crippen LogP contribution in [0, 0.1) is 0 Å². The normalized spacial score (nSPS) is 11.6. The van der Waals surface area contributed by atoms with Gasteiger partial charge in [0, 0.05) is 21.5 Å². The monoisotopic (exact) mass is 794 g/mol. The second kappa shape index (κ2) is 14.7. The van der Waals surface area contributed by atoms with Crippen molar-refractivity contribution in [2.75, 3.05) is 0 Å². The number of fused-ring (bicyclic) bond motifs is 9. The second-order valence-electron chi connectivity index (χ2n) is 12.6. The minimum atomic E-state index is 0.000000000000000444. The van der Waals surface area contributed by atoms with E-state index in [0.717, 1.165) is 50.0 Å². The Kier molecular flexibility index (Phi) is 9.33. The summed E-state index contributed by atoms with van der Waals surface area (Å²) >= 11 is 22.5. The summed E-state index contributed by atoms with van der Waals surface area (Å²) in [6, 6.07) is 50.3. The van der Waals surface area contributed by atoms with Crippen LogP contribution in [0.5, 0.6) is 0 Å². The van der Waals surface area contributed by atoms with E-state index in [9.17, 15) is 0 Å². The lowest BCUT2D eigenvalue weighted by atomic mass is 10.1. The van der Waals surface area contributed by atoms with Crippen molar-refractivity contribution < 1.29 is 0 Å². The van der Waals surface area contributed by atoms with Gasteiger partial charge in [-0.25, -0.2) is 0 Å². The maximum absolute atomic E-state index is 6.50. The first-order valence-electron chi connectivity index (χ1n) is 17.2. The molecule has 0 amide bonds. The van der Waals surface area contributed by atoms with Gasteiger partial charge in [-0.1, -0.05) is 121 Å². The molecule has 0 spiro atoms. The topological polar surface area (TPSA) is 87.2 Å². The summed E-state index contributed by atoms with van der Waals surface area (Å²) in [5.41, 5.74) is 9.84. The fraction of sp³-hybridized carbons (Fsp3) is 0.0233. The number of rotatable bonds is 2. The Morgan fingerprint density at radius 1 is 0.327 bits per heavy atom. The number of nitrogens with zero attached hydrogens (tertiary/aromatic N) is 8. The Morgan fingerprint density at radius 2 is 0.618 bits per heavy atom. The van der Waals surface area contributed by atoms with E-state index in [-0.39, 0.29) is 21.1 Å². The number of benzene rings is 6. The molecule has 0 bridgehead atoms. The highest BCUT2D eigenvalue weighted by Gasteiger charge is 2.19. The summed E-state index contributed by atoms with van der Waals surface area (Å²) < 4.78 is 4.10. The van der Waals surface area contributed by atoms with Crippen molar-refractivity contribution in [3.63, 3.8) is 0 Å². The van der Waals surface area contributed by atoms with Crippen molar-refractivity contribution in [1.29, 1.82) is 0 Å². The molecule has 0 saturated heterocycles. The van der Waals surface area contributed by atoms with Gasteiger partial charge in [-0.15, -0.1) is 0 Å². The first kappa shape index (κ1) is 34.8. The van der Waals surface area contributed by atoms with Gasteiger partial charge in [-0.05, 0) is 99.3 Å². The molecule has 11 rings (SSSR count). The average Bonchev–Trinajstić information content (AvgIpc) is 3.86. The molecular weight excluding hydrogens is 770 g/mol. The third kappa shape index (κ3) is 6.64. The van der Waals surface area contributed by atoms with Gasteiger partial charge in [0.1, 0.15) is 0 Å². The van der Waals surface area contributed by atoms with Gasteiger partial charge in [0.25, 0.3) is 0 Å². The quantitative estimate of drug-likeness (QED) is 0.173. The van der Waals surface area contributed by atoms with E-state index in [1.54, 1.807) is 0 Å². The van der Waals surface area contributed by atoms with E-state index in [1.807, 2.05) is 48.5 Å². The van der Waals surface area contributed by atoms with Gasteiger partial charge in [0.15, 0.2) is 0 Å². The molecule has 1 aliphatic carbocycles. The minimum Gasteiger partial charge on any atom is -0.278 e. The average molecular weight is 797 g/mol. The van der Waals surface area contributed by atoms with Crippen molar-refractivity contribution in [2.45, 2.75) is 6.42 Å². The predicted molar refractivity (Wildman–Crippen MR) is 223 cm³/mol. The smallest absolute Gasteiger partial charge is 0.240 e. The van der Waals surface area contributed by atoms with Crippen molar-refractivity contribution >= 4 is 90.0 Å². The van der Waals surface area contributed by atoms with Gasteiger partial charge in [-0.3, -0.25) is 9.13 Å². The first-order chi connectivity index (χ1) is 26.9. The van der Waals surface area contributed by atoms with Crippen molar-refractivity contribution in [3.8, 4) is 23.0 Å². The van der Waals surface area contributed by atoms with Crippen LogP contribution < -0.4 is 0 Å². The van der Waals surface area contributed by atoms with E-state index in [4.69, 9.17) is 51.4 Å². The molecule has 8 nitrogen and oxygen atoms in total. The van der Waals surface area contributed by atoms with Gasteiger partial charge < -0.3 is 0 Å². The molecule has 0 saturated carbocycles. The maximum atomic E-state index is 6.50. The first-order valence-corrected chi connectivity index (χ1v) is 18.7. The van der Waals surface area contributed by atoms with Gasteiger partial charge in [0.2, 0.25) is 33.0 Å². The summed E-state index contributed by atoms with van der Waals surface area (Å²) in [6.45, 7) is 0. The van der Waals surface area contributed by atoms with Gasteiger partial charge in [0.05, 0.1) is 22.1 Å². The van der Waals surface area contributed by atoms with Crippen LogP contribution in [0.2, 0.25) is 21.1 Å². The molecule has 0 N–H and O–H groups in total. The maximum Gasteiger partial charge on any atom is 0.240 e. The second-order valence-corrected chi connectivity index (χ2v) is 13.9. The molecule has 6 aromatic carbocycles. The summed E-state index contributed by atoms with van der Waals surface area (Å²) in [7, 11) is 0. The number of aromatic nitrogens is 8. The van der Waals surface area contributed by atoms with Crippen molar-refractivity contribution in [1.82, 2.24) is 39.0 Å². The molecule has 0 aliphatic heterocycles. The molecule has 12 heteroatoms. The van der Waals surface area contributed by atoms with Gasteiger partial charge >= 0.3 is 0 Å². The number of hydrogen-bond acceptors (Lipinski definition) is 6. The number of para-hydroxylation sites is 4. The Bertz CT molecular complexity index is 2720. The summed E-state index contributed by atoms with van der Waals surface area (Å²) in [4.78, 5) is 24.4. The lowest BCUT2D eigenvalue weighted by Crippen LogP contribution is -2.08. The molecule has 4 heterocycles. The Morgan fingerprint density at radius 3 is 0.982 bits per heavy atom. The highest BCUT2D eigenvalue weighted by Crippen LogP contribution is 2.36. The SMILES string of the molecule is Clc1nc(-n2c3ccccc3c3ccccc32)nc(-n2c3ccccc3c3ccccc32)n1.Clc1nc(Cl)nc(Cl)n1.c1ccc2c(c1)Cc1ccccc1-2. The van der Waals surface area contributed by atoms with E-state index >= 15 is 0 Å². The van der Waals surface area contributed by atoms with E-state index in [0.29, 0.717) is 11.9 Å². The molecule has 1 aliphatic rings. The molecule has 266 valence electrons. The molecule has 0 radical (unpaired) electrons. The molecule has 55 heavy (non-hydrogen) atoms. The summed E-state index contributed by atoms with van der Waals surface area (Å²) in [5.74, 6) is 0.980. The molecule has 0 atom stereocenters. The zero-order chi connectivity index (χ0) is 37.5. The molecule has 0 unspecified atom stereocenters. The Hall–Kier alpha value is -5.90. The third-order valence-corrected chi connectivity index (χ3v) is 10.1. The Balaban J connectivity index is 0.000000147. The van der Waals surface area contributed by atoms with Crippen molar-refractivity contribution in [3.05, 3.63) is 178 Å². The van der Waals surface area contributed by atoms with E-state index in [2.05, 4.69) is 131 Å². The van der Waals surface area contributed by atoms with Crippen LogP contribution >= 0.6 is 46.4 Å². The van der Waals surface area contributed by atoms with Crippen LogP contribution in [0.1, 0.15) is 11.1 Å². The fourth-order valence-corrected chi connectivity index (χ4v) is 7.95. The van der Waals surface area contributed by atoms with E-state index in [1.165, 1.54) is 22.3 Å². The van der Waals surface area contributed by atoms with E-state index < -0.39 is 0 Å². The lowest BCUT2D eigenvalue weighted by Gasteiger charge is -2.10. The zero-order valence-corrected chi connectivity index (χ0v) is 31.7. The number of hydrogen-bond donors (Lipinski definition) is 0. The highest BCUT2D eigenvalue weighted by atomic mass is 35.5. The Labute approximate surface area is 334 Å². The lowest BCUT2D eigenvalue weighted by molar-refractivity contribution is 0.887. The van der Waals surface area contributed by atoms with Crippen LogP contribution in [0.15, 0.2) is 146 Å².